The summed E-state index contributed by atoms with van der Waals surface area (Å²) in [5.41, 5.74) is 3.86. The lowest BCUT2D eigenvalue weighted by Crippen LogP contribution is -2.00. The van der Waals surface area contributed by atoms with Gasteiger partial charge in [0.15, 0.2) is 0 Å². The Labute approximate surface area is 122 Å². The average Bonchev–Trinajstić information content (AvgIpc) is 2.49. The van der Waals surface area contributed by atoms with Gasteiger partial charge in [-0.1, -0.05) is 56.3 Å². The number of hydrogen-bond donors (Lipinski definition) is 0. The third kappa shape index (κ3) is 3.63. The highest BCUT2D eigenvalue weighted by molar-refractivity contribution is 5.37. The number of benzene rings is 2. The minimum absolute atomic E-state index is 0.631. The van der Waals surface area contributed by atoms with Crippen molar-refractivity contribution in [1.82, 2.24) is 0 Å². The zero-order chi connectivity index (χ0) is 14.4. The minimum Gasteiger partial charge on any atom is -0.489 e. The summed E-state index contributed by atoms with van der Waals surface area (Å²) in [6, 6.07) is 16.9. The summed E-state index contributed by atoms with van der Waals surface area (Å²) in [5, 5.41) is 0. The van der Waals surface area contributed by atoms with Crippen LogP contribution in [0.4, 0.5) is 0 Å². The van der Waals surface area contributed by atoms with E-state index in [9.17, 15) is 0 Å². The number of ether oxygens (including phenoxy) is 1. The molecule has 1 nitrogen and oxygen atoms in total. The maximum absolute atomic E-state index is 5.92. The van der Waals surface area contributed by atoms with E-state index >= 15 is 0 Å². The van der Waals surface area contributed by atoms with Crippen LogP contribution in [0.5, 0.6) is 5.75 Å². The Bertz CT molecular complexity index is 527. The third-order valence-electron chi connectivity index (χ3n) is 3.89. The quantitative estimate of drug-likeness (QED) is 0.674. The second kappa shape index (κ2) is 7.14. The lowest BCUT2D eigenvalue weighted by Gasteiger charge is -2.16. The monoisotopic (exact) mass is 268 g/mol. The van der Waals surface area contributed by atoms with Gasteiger partial charge >= 0.3 is 0 Å². The van der Waals surface area contributed by atoms with Crippen molar-refractivity contribution in [3.63, 3.8) is 0 Å². The van der Waals surface area contributed by atoms with E-state index in [-0.39, 0.29) is 0 Å². The van der Waals surface area contributed by atoms with Crippen LogP contribution < -0.4 is 4.74 Å². The summed E-state index contributed by atoms with van der Waals surface area (Å²) in [5.74, 6) is 1.65. The van der Waals surface area contributed by atoms with Crippen molar-refractivity contribution in [2.75, 3.05) is 0 Å². The van der Waals surface area contributed by atoms with E-state index < -0.39 is 0 Å². The molecule has 0 N–H and O–H groups in total. The topological polar surface area (TPSA) is 9.23 Å². The van der Waals surface area contributed by atoms with E-state index in [0.29, 0.717) is 12.5 Å². The first kappa shape index (κ1) is 14.6. The van der Waals surface area contributed by atoms with Crippen LogP contribution in [0.1, 0.15) is 49.3 Å². The van der Waals surface area contributed by atoms with Crippen molar-refractivity contribution in [2.24, 2.45) is 0 Å². The zero-order valence-electron chi connectivity index (χ0n) is 12.7. The fraction of sp³-hybridized carbons (Fsp3) is 0.368. The number of hydrogen-bond acceptors (Lipinski definition) is 1. The largest absolute Gasteiger partial charge is 0.489 e. The second-order valence-corrected chi connectivity index (χ2v) is 5.31. The van der Waals surface area contributed by atoms with Gasteiger partial charge in [0.25, 0.3) is 0 Å². The van der Waals surface area contributed by atoms with E-state index in [2.05, 4.69) is 51.1 Å². The summed E-state index contributed by atoms with van der Waals surface area (Å²) < 4.78 is 5.92. The van der Waals surface area contributed by atoms with Crippen molar-refractivity contribution in [2.45, 2.75) is 46.1 Å². The van der Waals surface area contributed by atoms with Gasteiger partial charge in [-0.15, -0.1) is 0 Å². The lowest BCUT2D eigenvalue weighted by atomic mass is 9.93. The van der Waals surface area contributed by atoms with Gasteiger partial charge in [-0.05, 0) is 48.4 Å². The highest BCUT2D eigenvalue weighted by atomic mass is 16.5. The molecule has 0 fully saturated rings. The standard InChI is InChI=1S/C19H24O/c1-4-17(5-2)18-11-12-19(15(3)13-18)20-14-16-9-7-6-8-10-16/h6-13,17H,4-5,14H2,1-3H3. The van der Waals surface area contributed by atoms with Crippen molar-refractivity contribution in [1.29, 1.82) is 0 Å². The molecule has 0 saturated carbocycles. The maximum Gasteiger partial charge on any atom is 0.122 e. The average molecular weight is 268 g/mol. The molecule has 0 aromatic heterocycles. The van der Waals surface area contributed by atoms with Crippen LogP contribution in [0.3, 0.4) is 0 Å². The maximum atomic E-state index is 5.92. The summed E-state index contributed by atoms with van der Waals surface area (Å²) in [6.07, 6.45) is 2.39. The predicted octanol–water partition coefficient (Wildman–Crippen LogP) is 5.48. The molecule has 0 amide bonds. The molecular weight excluding hydrogens is 244 g/mol. The van der Waals surface area contributed by atoms with Gasteiger partial charge in [-0.25, -0.2) is 0 Å². The number of aryl methyl sites for hydroxylation is 1. The summed E-state index contributed by atoms with van der Waals surface area (Å²) in [6.45, 7) is 7.27. The first-order valence-electron chi connectivity index (χ1n) is 7.51. The molecule has 106 valence electrons. The van der Waals surface area contributed by atoms with Gasteiger partial charge in [0, 0.05) is 0 Å². The second-order valence-electron chi connectivity index (χ2n) is 5.31. The van der Waals surface area contributed by atoms with Gasteiger partial charge in [0.2, 0.25) is 0 Å². The SMILES string of the molecule is CCC(CC)c1ccc(OCc2ccccc2)c(C)c1. The zero-order valence-corrected chi connectivity index (χ0v) is 12.7. The smallest absolute Gasteiger partial charge is 0.122 e. The van der Waals surface area contributed by atoms with Crippen molar-refractivity contribution >= 4 is 0 Å². The van der Waals surface area contributed by atoms with Crippen LogP contribution in [0.25, 0.3) is 0 Å². The molecule has 0 spiro atoms. The molecular formula is C19H24O. The van der Waals surface area contributed by atoms with Gasteiger partial charge in [0.1, 0.15) is 12.4 Å². The van der Waals surface area contributed by atoms with Crippen LogP contribution in [0.2, 0.25) is 0 Å². The van der Waals surface area contributed by atoms with Gasteiger partial charge < -0.3 is 4.74 Å². The molecule has 0 unspecified atom stereocenters. The Morgan fingerprint density at radius 3 is 2.25 bits per heavy atom. The molecule has 0 aliphatic heterocycles. The van der Waals surface area contributed by atoms with Crippen LogP contribution in [0.15, 0.2) is 48.5 Å². The molecule has 20 heavy (non-hydrogen) atoms. The Balaban J connectivity index is 2.06. The van der Waals surface area contributed by atoms with Crippen LogP contribution in [-0.2, 0) is 6.61 Å². The summed E-state index contributed by atoms with van der Waals surface area (Å²) >= 11 is 0. The molecule has 0 atom stereocenters. The van der Waals surface area contributed by atoms with E-state index in [0.717, 1.165) is 5.75 Å². The Morgan fingerprint density at radius 1 is 0.950 bits per heavy atom. The first-order chi connectivity index (χ1) is 9.74. The van der Waals surface area contributed by atoms with Gasteiger partial charge in [0.05, 0.1) is 0 Å². The van der Waals surface area contributed by atoms with Crippen LogP contribution in [0, 0.1) is 6.92 Å². The van der Waals surface area contributed by atoms with Crippen molar-refractivity contribution in [3.8, 4) is 5.75 Å². The molecule has 1 heteroatoms. The normalized spacial score (nSPS) is 10.8. The molecule has 2 aromatic rings. The lowest BCUT2D eigenvalue weighted by molar-refractivity contribution is 0.304. The van der Waals surface area contributed by atoms with E-state index in [1.54, 1.807) is 0 Å². The highest BCUT2D eigenvalue weighted by Crippen LogP contribution is 2.28. The Kier molecular flexibility index (Phi) is 5.23. The van der Waals surface area contributed by atoms with Crippen molar-refractivity contribution < 1.29 is 4.74 Å². The van der Waals surface area contributed by atoms with Gasteiger partial charge in [-0.2, -0.15) is 0 Å². The number of rotatable bonds is 6. The Morgan fingerprint density at radius 2 is 1.65 bits per heavy atom. The van der Waals surface area contributed by atoms with E-state index in [4.69, 9.17) is 4.74 Å². The predicted molar refractivity (Wildman–Crippen MR) is 85.3 cm³/mol. The molecule has 0 aliphatic rings. The minimum atomic E-state index is 0.631. The molecule has 2 aromatic carbocycles. The first-order valence-corrected chi connectivity index (χ1v) is 7.51. The van der Waals surface area contributed by atoms with Crippen LogP contribution >= 0.6 is 0 Å². The van der Waals surface area contributed by atoms with Crippen LogP contribution in [-0.4, -0.2) is 0 Å². The summed E-state index contributed by atoms with van der Waals surface area (Å²) in [4.78, 5) is 0. The molecule has 2 rings (SSSR count). The molecule has 0 bridgehead atoms. The molecule has 0 saturated heterocycles. The van der Waals surface area contributed by atoms with Crippen molar-refractivity contribution in [3.05, 3.63) is 65.2 Å². The summed E-state index contributed by atoms with van der Waals surface area (Å²) in [7, 11) is 0. The Hall–Kier alpha value is -1.76. The third-order valence-corrected chi connectivity index (χ3v) is 3.89. The molecule has 0 radical (unpaired) electrons. The fourth-order valence-corrected chi connectivity index (χ4v) is 2.58. The fourth-order valence-electron chi connectivity index (χ4n) is 2.58. The van der Waals surface area contributed by atoms with E-state index in [1.807, 2.05) is 18.2 Å². The molecule has 0 aliphatic carbocycles. The van der Waals surface area contributed by atoms with Gasteiger partial charge in [-0.3, -0.25) is 0 Å². The molecule has 0 heterocycles. The van der Waals surface area contributed by atoms with E-state index in [1.165, 1.54) is 29.5 Å². The highest BCUT2D eigenvalue weighted by Gasteiger charge is 2.09.